The lowest BCUT2D eigenvalue weighted by molar-refractivity contribution is -0.130. The Labute approximate surface area is 155 Å². The van der Waals surface area contributed by atoms with E-state index in [1.165, 1.54) is 17.6 Å². The van der Waals surface area contributed by atoms with E-state index in [4.69, 9.17) is 4.42 Å². The molecule has 1 aliphatic heterocycles. The van der Waals surface area contributed by atoms with Crippen LogP contribution in [0.25, 0.3) is 22.5 Å². The van der Waals surface area contributed by atoms with Crippen LogP contribution in [0.3, 0.4) is 0 Å². The lowest BCUT2D eigenvalue weighted by atomic mass is 9.94. The first-order valence-electron chi connectivity index (χ1n) is 9.28. The summed E-state index contributed by atoms with van der Waals surface area (Å²) in [5.41, 5.74) is 2.75. The summed E-state index contributed by atoms with van der Waals surface area (Å²) in [4.78, 5) is 15.8. The Kier molecular flexibility index (Phi) is 3.63. The predicted octanol–water partition coefficient (Wildman–Crippen LogP) is 1.83. The second kappa shape index (κ2) is 6.04. The van der Waals surface area contributed by atoms with Crippen LogP contribution in [-0.4, -0.2) is 55.6 Å². The van der Waals surface area contributed by atoms with Crippen molar-refractivity contribution in [1.82, 2.24) is 30.1 Å². The fourth-order valence-electron chi connectivity index (χ4n) is 3.79. The molecule has 5 rings (SSSR count). The molecule has 140 valence electrons. The molecule has 0 radical (unpaired) electrons. The lowest BCUT2D eigenvalue weighted by Gasteiger charge is -2.32. The molecule has 0 bridgehead atoms. The van der Waals surface area contributed by atoms with Gasteiger partial charge in [0, 0.05) is 20.1 Å². The van der Waals surface area contributed by atoms with Crippen molar-refractivity contribution in [1.29, 1.82) is 0 Å². The summed E-state index contributed by atoms with van der Waals surface area (Å²) < 4.78 is 5.69. The molecular weight excluding hydrogens is 346 g/mol. The molecule has 1 N–H and O–H groups in total. The van der Waals surface area contributed by atoms with E-state index in [9.17, 15) is 4.79 Å². The number of amides is 1. The van der Waals surface area contributed by atoms with Gasteiger partial charge in [-0.2, -0.15) is 15.0 Å². The number of benzene rings is 1. The zero-order valence-electron chi connectivity index (χ0n) is 15.2. The normalized spacial score (nSPS) is 18.2. The number of carbonyl (C=O) groups excluding carboxylic acids is 1. The van der Waals surface area contributed by atoms with Crippen molar-refractivity contribution in [3.05, 3.63) is 18.2 Å². The standard InChI is InChI=1S/C18H21N7O2/c1-24-22-13-4-2-3-12(15(13)23-24)16-20-21-17(27-16)19-11-14(26)25-9-7-18(5-6-18)8-10-25/h2-4H,5-11H2,1H3,(H,19,21). The molecule has 1 saturated heterocycles. The molecule has 9 heteroatoms. The van der Waals surface area contributed by atoms with Crippen LogP contribution in [0, 0.1) is 5.41 Å². The van der Waals surface area contributed by atoms with E-state index in [-0.39, 0.29) is 18.5 Å². The molecule has 1 saturated carbocycles. The summed E-state index contributed by atoms with van der Waals surface area (Å²) in [6.07, 6.45) is 4.92. The third-order valence-corrected chi connectivity index (χ3v) is 5.69. The Morgan fingerprint density at radius 2 is 2.00 bits per heavy atom. The van der Waals surface area contributed by atoms with Gasteiger partial charge in [0.2, 0.25) is 5.91 Å². The van der Waals surface area contributed by atoms with Gasteiger partial charge < -0.3 is 14.6 Å². The first-order chi connectivity index (χ1) is 13.1. The lowest BCUT2D eigenvalue weighted by Crippen LogP contribution is -2.41. The highest BCUT2D eigenvalue weighted by molar-refractivity contribution is 5.88. The monoisotopic (exact) mass is 367 g/mol. The average Bonchev–Trinajstić information content (AvgIpc) is 3.09. The molecule has 2 fully saturated rings. The van der Waals surface area contributed by atoms with E-state index in [0.717, 1.165) is 37.0 Å². The molecule has 9 nitrogen and oxygen atoms in total. The third kappa shape index (κ3) is 3.02. The largest absolute Gasteiger partial charge is 0.403 e. The summed E-state index contributed by atoms with van der Waals surface area (Å²) in [6.45, 7) is 1.86. The molecule has 3 heterocycles. The third-order valence-electron chi connectivity index (χ3n) is 5.69. The molecule has 0 atom stereocenters. The van der Waals surface area contributed by atoms with Gasteiger partial charge in [-0.05, 0) is 43.2 Å². The van der Waals surface area contributed by atoms with E-state index in [2.05, 4.69) is 25.7 Å². The van der Waals surface area contributed by atoms with Crippen LogP contribution in [-0.2, 0) is 11.8 Å². The molecule has 0 unspecified atom stereocenters. The van der Waals surface area contributed by atoms with Gasteiger partial charge in [-0.3, -0.25) is 4.79 Å². The molecule has 27 heavy (non-hydrogen) atoms. The number of anilines is 1. The Balaban J connectivity index is 1.25. The number of aromatic nitrogens is 5. The number of piperidine rings is 1. The van der Waals surface area contributed by atoms with Crippen molar-refractivity contribution in [3.8, 4) is 11.5 Å². The van der Waals surface area contributed by atoms with E-state index < -0.39 is 0 Å². The Hall–Kier alpha value is -2.97. The molecule has 3 aromatic rings. The van der Waals surface area contributed by atoms with E-state index >= 15 is 0 Å². The highest BCUT2D eigenvalue weighted by atomic mass is 16.4. The first kappa shape index (κ1) is 16.2. The average molecular weight is 367 g/mol. The van der Waals surface area contributed by atoms with Crippen molar-refractivity contribution in [3.63, 3.8) is 0 Å². The molecule has 2 aliphatic rings. The Morgan fingerprint density at radius 3 is 2.78 bits per heavy atom. The molecule has 1 amide bonds. The van der Waals surface area contributed by atoms with Crippen LogP contribution in [0.2, 0.25) is 0 Å². The smallest absolute Gasteiger partial charge is 0.316 e. The number of carbonyl (C=O) groups is 1. The number of fused-ring (bicyclic) bond motifs is 1. The number of hydrogen-bond donors (Lipinski definition) is 1. The molecule has 1 aromatic carbocycles. The maximum atomic E-state index is 12.4. The minimum atomic E-state index is 0.0706. The van der Waals surface area contributed by atoms with Crippen molar-refractivity contribution in [2.45, 2.75) is 25.7 Å². The van der Waals surface area contributed by atoms with E-state index in [1.54, 1.807) is 7.05 Å². The van der Waals surface area contributed by atoms with Gasteiger partial charge in [-0.25, -0.2) is 0 Å². The van der Waals surface area contributed by atoms with Crippen molar-refractivity contribution >= 4 is 23.0 Å². The highest BCUT2D eigenvalue weighted by Crippen LogP contribution is 2.53. The zero-order valence-corrected chi connectivity index (χ0v) is 15.2. The maximum absolute atomic E-state index is 12.4. The van der Waals surface area contributed by atoms with Crippen LogP contribution < -0.4 is 5.32 Å². The number of aryl methyl sites for hydroxylation is 1. The number of nitrogens with zero attached hydrogens (tertiary/aromatic N) is 6. The van der Waals surface area contributed by atoms with Gasteiger partial charge in [-0.1, -0.05) is 11.2 Å². The van der Waals surface area contributed by atoms with Crippen LogP contribution in [0.1, 0.15) is 25.7 Å². The number of nitrogens with one attached hydrogen (secondary N) is 1. The van der Waals surface area contributed by atoms with Crippen LogP contribution in [0.15, 0.2) is 22.6 Å². The quantitative estimate of drug-likeness (QED) is 0.750. The van der Waals surface area contributed by atoms with Gasteiger partial charge in [0.05, 0.1) is 12.1 Å². The summed E-state index contributed by atoms with van der Waals surface area (Å²) >= 11 is 0. The number of likely N-dealkylation sites (tertiary alicyclic amines) is 1. The van der Waals surface area contributed by atoms with E-state index in [0.29, 0.717) is 16.8 Å². The topological polar surface area (TPSA) is 102 Å². The van der Waals surface area contributed by atoms with Crippen LogP contribution in [0.5, 0.6) is 0 Å². The summed E-state index contributed by atoms with van der Waals surface area (Å²) in [5, 5.41) is 19.7. The summed E-state index contributed by atoms with van der Waals surface area (Å²) in [5.74, 6) is 0.422. The summed E-state index contributed by atoms with van der Waals surface area (Å²) in [7, 11) is 1.77. The fourth-order valence-corrected chi connectivity index (χ4v) is 3.79. The van der Waals surface area contributed by atoms with Gasteiger partial charge in [-0.15, -0.1) is 5.10 Å². The summed E-state index contributed by atoms with van der Waals surface area (Å²) in [6, 6.07) is 5.84. The Bertz CT molecular complexity index is 994. The first-order valence-corrected chi connectivity index (χ1v) is 9.28. The Morgan fingerprint density at radius 1 is 1.19 bits per heavy atom. The molecule has 1 spiro atoms. The van der Waals surface area contributed by atoms with Crippen molar-refractivity contribution in [2.75, 3.05) is 25.0 Å². The van der Waals surface area contributed by atoms with Crippen LogP contribution >= 0.6 is 0 Å². The predicted molar refractivity (Wildman–Crippen MR) is 97.8 cm³/mol. The highest BCUT2D eigenvalue weighted by Gasteiger charge is 2.44. The number of rotatable bonds is 4. The number of hydrogen-bond acceptors (Lipinski definition) is 7. The second-order valence-corrected chi connectivity index (χ2v) is 7.51. The van der Waals surface area contributed by atoms with Gasteiger partial charge in [0.15, 0.2) is 0 Å². The van der Waals surface area contributed by atoms with Gasteiger partial charge in [0.1, 0.15) is 11.0 Å². The van der Waals surface area contributed by atoms with Crippen molar-refractivity contribution in [2.24, 2.45) is 12.5 Å². The molecule has 2 aromatic heterocycles. The van der Waals surface area contributed by atoms with Crippen LogP contribution in [0.4, 0.5) is 6.01 Å². The van der Waals surface area contributed by atoms with Crippen molar-refractivity contribution < 1.29 is 9.21 Å². The fraction of sp³-hybridized carbons (Fsp3) is 0.500. The molecular formula is C18H21N7O2. The van der Waals surface area contributed by atoms with E-state index in [1.807, 2.05) is 23.1 Å². The second-order valence-electron chi connectivity index (χ2n) is 7.51. The minimum absolute atomic E-state index is 0.0706. The van der Waals surface area contributed by atoms with Gasteiger partial charge in [0.25, 0.3) is 5.89 Å². The maximum Gasteiger partial charge on any atom is 0.316 e. The zero-order chi connectivity index (χ0) is 18.4. The van der Waals surface area contributed by atoms with Gasteiger partial charge >= 0.3 is 6.01 Å². The SMILES string of the molecule is Cn1nc2cccc(-c3nnc(NCC(=O)N4CCC5(CC4)CC5)o3)c2n1. The molecule has 1 aliphatic carbocycles. The minimum Gasteiger partial charge on any atom is -0.403 e.